The van der Waals surface area contributed by atoms with E-state index in [1.807, 2.05) is 24.3 Å². The number of imidazole rings is 1. The molecule has 0 saturated heterocycles. The smallest absolute Gasteiger partial charge is 0.323 e. The van der Waals surface area contributed by atoms with Crippen LogP contribution in [0.25, 0.3) is 11.0 Å². The summed E-state index contributed by atoms with van der Waals surface area (Å²) >= 11 is 6.45. The van der Waals surface area contributed by atoms with Crippen molar-refractivity contribution < 1.29 is 13.9 Å². The maximum absolute atomic E-state index is 13.0. The molecule has 3 N–H and O–H groups in total. The lowest BCUT2D eigenvalue weighted by molar-refractivity contribution is 0.284. The molecular weight excluding hydrogens is 409 g/mol. The van der Waals surface area contributed by atoms with E-state index in [0.717, 1.165) is 27.8 Å². The first kappa shape index (κ1) is 19.8. The summed E-state index contributed by atoms with van der Waals surface area (Å²) in [6.45, 7) is 0.715. The molecule has 0 unspecified atom stereocenters. The number of rotatable bonds is 7. The second-order valence-electron chi connectivity index (χ2n) is 6.70. The highest BCUT2D eigenvalue weighted by Gasteiger charge is 2.11. The molecule has 0 amide bonds. The van der Waals surface area contributed by atoms with Crippen molar-refractivity contribution in [1.29, 1.82) is 0 Å². The van der Waals surface area contributed by atoms with Crippen LogP contribution in [-0.2, 0) is 13.2 Å². The first-order chi connectivity index (χ1) is 14.5. The molecule has 0 atom stereocenters. The number of aromatic amines is 2. The summed E-state index contributed by atoms with van der Waals surface area (Å²) in [4.78, 5) is 16.8. The zero-order chi connectivity index (χ0) is 21.1. The lowest BCUT2D eigenvalue weighted by Crippen LogP contribution is -2.03. The van der Waals surface area contributed by atoms with Crippen LogP contribution in [0, 0.1) is 5.82 Å². The monoisotopic (exact) mass is 427 g/mol. The van der Waals surface area contributed by atoms with Crippen LogP contribution in [0.3, 0.4) is 0 Å². The minimum atomic E-state index is -0.293. The van der Waals surface area contributed by atoms with Gasteiger partial charge in [0.15, 0.2) is 11.5 Å². The molecule has 0 saturated carbocycles. The highest BCUT2D eigenvalue weighted by molar-refractivity contribution is 6.31. The van der Waals surface area contributed by atoms with E-state index >= 15 is 0 Å². The van der Waals surface area contributed by atoms with Gasteiger partial charge >= 0.3 is 5.69 Å². The second-order valence-corrected chi connectivity index (χ2v) is 7.11. The first-order valence-electron chi connectivity index (χ1n) is 9.21. The number of hydrogen-bond donors (Lipinski definition) is 3. The van der Waals surface area contributed by atoms with Crippen LogP contribution in [-0.4, -0.2) is 17.1 Å². The van der Waals surface area contributed by atoms with Gasteiger partial charge in [0.1, 0.15) is 12.4 Å². The van der Waals surface area contributed by atoms with E-state index in [0.29, 0.717) is 23.1 Å². The summed E-state index contributed by atoms with van der Waals surface area (Å²) in [7, 11) is 1.56. The number of anilines is 1. The van der Waals surface area contributed by atoms with Crippen molar-refractivity contribution in [1.82, 2.24) is 9.97 Å². The molecule has 4 aromatic rings. The molecule has 0 radical (unpaired) electrons. The van der Waals surface area contributed by atoms with Gasteiger partial charge in [-0.05, 0) is 47.5 Å². The highest BCUT2D eigenvalue weighted by atomic mass is 35.5. The van der Waals surface area contributed by atoms with Crippen molar-refractivity contribution >= 4 is 28.3 Å². The van der Waals surface area contributed by atoms with Gasteiger partial charge in [-0.2, -0.15) is 0 Å². The molecule has 1 aromatic heterocycles. The lowest BCUT2D eigenvalue weighted by Gasteiger charge is -2.15. The Balaban J connectivity index is 1.47. The Kier molecular flexibility index (Phi) is 5.63. The molecule has 0 spiro atoms. The van der Waals surface area contributed by atoms with E-state index < -0.39 is 0 Å². The van der Waals surface area contributed by atoms with Crippen molar-refractivity contribution in [3.63, 3.8) is 0 Å². The van der Waals surface area contributed by atoms with Gasteiger partial charge in [0.25, 0.3) is 0 Å². The van der Waals surface area contributed by atoms with Crippen molar-refractivity contribution in [3.05, 3.63) is 87.0 Å². The van der Waals surface area contributed by atoms with Crippen molar-refractivity contribution in [3.8, 4) is 11.5 Å². The predicted octanol–water partition coefficient (Wildman–Crippen LogP) is 4.85. The van der Waals surface area contributed by atoms with E-state index in [1.54, 1.807) is 25.3 Å². The lowest BCUT2D eigenvalue weighted by atomic mass is 10.2. The number of ether oxygens (including phenoxy) is 2. The van der Waals surface area contributed by atoms with Crippen LogP contribution in [0.5, 0.6) is 11.5 Å². The van der Waals surface area contributed by atoms with Crippen molar-refractivity contribution in [2.24, 2.45) is 0 Å². The topological polar surface area (TPSA) is 79.1 Å². The number of benzene rings is 3. The Morgan fingerprint density at radius 1 is 1.00 bits per heavy atom. The Labute approximate surface area is 176 Å². The molecule has 6 nitrogen and oxygen atoms in total. The van der Waals surface area contributed by atoms with Gasteiger partial charge in [-0.1, -0.05) is 23.7 Å². The molecule has 0 bridgehead atoms. The zero-order valence-corrected chi connectivity index (χ0v) is 16.8. The van der Waals surface area contributed by atoms with Gasteiger partial charge in [0, 0.05) is 23.3 Å². The Morgan fingerprint density at radius 2 is 1.77 bits per heavy atom. The largest absolute Gasteiger partial charge is 0.493 e. The fourth-order valence-corrected chi connectivity index (χ4v) is 3.29. The van der Waals surface area contributed by atoms with Gasteiger partial charge in [0.05, 0.1) is 18.1 Å². The Morgan fingerprint density at radius 3 is 2.53 bits per heavy atom. The summed E-state index contributed by atoms with van der Waals surface area (Å²) in [6, 6.07) is 15.2. The van der Waals surface area contributed by atoms with Crippen LogP contribution in [0.2, 0.25) is 5.02 Å². The van der Waals surface area contributed by atoms with Gasteiger partial charge in [-0.25, -0.2) is 9.18 Å². The fourth-order valence-electron chi connectivity index (χ4n) is 3.07. The molecule has 0 aliphatic heterocycles. The molecule has 3 aromatic carbocycles. The third-order valence-electron chi connectivity index (χ3n) is 4.64. The third kappa shape index (κ3) is 4.41. The molecule has 8 heteroatoms. The van der Waals surface area contributed by atoms with Crippen LogP contribution >= 0.6 is 11.6 Å². The van der Waals surface area contributed by atoms with Crippen molar-refractivity contribution in [2.75, 3.05) is 12.4 Å². The number of aromatic nitrogens is 2. The quantitative estimate of drug-likeness (QED) is 0.394. The number of fused-ring (bicyclic) bond motifs is 1. The molecular formula is C22H19ClFN3O3. The number of hydrogen-bond acceptors (Lipinski definition) is 4. The molecule has 30 heavy (non-hydrogen) atoms. The van der Waals surface area contributed by atoms with Crippen LogP contribution in [0.15, 0.2) is 59.4 Å². The summed E-state index contributed by atoms with van der Waals surface area (Å²) in [6.07, 6.45) is 0. The van der Waals surface area contributed by atoms with Crippen LogP contribution in [0.1, 0.15) is 11.1 Å². The number of nitrogens with one attached hydrogen (secondary N) is 3. The molecule has 0 aliphatic rings. The normalized spacial score (nSPS) is 10.9. The van der Waals surface area contributed by atoms with Crippen molar-refractivity contribution in [2.45, 2.75) is 13.2 Å². The number of methoxy groups -OCH3 is 1. The number of halogens is 2. The van der Waals surface area contributed by atoms with E-state index in [-0.39, 0.29) is 18.1 Å². The van der Waals surface area contributed by atoms with Gasteiger partial charge in [-0.15, -0.1) is 0 Å². The second kappa shape index (κ2) is 8.51. The van der Waals surface area contributed by atoms with Gasteiger partial charge in [0.2, 0.25) is 0 Å². The molecule has 154 valence electrons. The zero-order valence-electron chi connectivity index (χ0n) is 16.1. The van der Waals surface area contributed by atoms with E-state index in [2.05, 4.69) is 15.3 Å². The summed E-state index contributed by atoms with van der Waals surface area (Å²) < 4.78 is 24.3. The van der Waals surface area contributed by atoms with E-state index in [1.165, 1.54) is 12.1 Å². The SMILES string of the molecule is COc1cc(CNc2ccc3[nH]c(=O)[nH]c3c2)c(Cl)cc1OCc1ccc(F)cc1. The summed E-state index contributed by atoms with van der Waals surface area (Å²) in [5.74, 6) is 0.754. The third-order valence-corrected chi connectivity index (χ3v) is 4.99. The predicted molar refractivity (Wildman–Crippen MR) is 115 cm³/mol. The first-order valence-corrected chi connectivity index (χ1v) is 9.59. The summed E-state index contributed by atoms with van der Waals surface area (Å²) in [5.41, 5.74) is 3.71. The molecule has 0 fully saturated rings. The molecule has 1 heterocycles. The van der Waals surface area contributed by atoms with Crippen LogP contribution in [0.4, 0.5) is 10.1 Å². The Hall–Kier alpha value is -3.45. The van der Waals surface area contributed by atoms with Gasteiger partial charge < -0.3 is 24.8 Å². The minimum absolute atomic E-state index is 0.244. The summed E-state index contributed by atoms with van der Waals surface area (Å²) in [5, 5.41) is 3.81. The molecule has 4 rings (SSSR count). The maximum atomic E-state index is 13.0. The van der Waals surface area contributed by atoms with Gasteiger partial charge in [-0.3, -0.25) is 0 Å². The fraction of sp³-hybridized carbons (Fsp3) is 0.136. The average Bonchev–Trinajstić information content (AvgIpc) is 3.11. The number of H-pyrrole nitrogens is 2. The Bertz CT molecular complexity index is 1230. The van der Waals surface area contributed by atoms with E-state index in [4.69, 9.17) is 21.1 Å². The standard InChI is InChI=1S/C22H19ClFN3O3/c1-29-20-8-14(11-25-16-6-7-18-19(9-16)27-22(28)26-18)17(23)10-21(20)30-12-13-2-4-15(24)5-3-13/h2-10,25H,11-12H2,1H3,(H2,26,27,28). The molecule has 0 aliphatic carbocycles. The van der Waals surface area contributed by atoms with Crippen LogP contribution < -0.4 is 20.5 Å². The minimum Gasteiger partial charge on any atom is -0.493 e. The van der Waals surface area contributed by atoms with E-state index in [9.17, 15) is 9.18 Å². The maximum Gasteiger partial charge on any atom is 0.323 e. The highest BCUT2D eigenvalue weighted by Crippen LogP contribution is 2.34. The average molecular weight is 428 g/mol.